The Kier molecular flexibility index (Phi) is 2.83. The van der Waals surface area contributed by atoms with Crippen molar-refractivity contribution < 1.29 is 4.79 Å². The summed E-state index contributed by atoms with van der Waals surface area (Å²) in [6.45, 7) is 3.00. The monoisotopic (exact) mass is 152 g/mol. The summed E-state index contributed by atoms with van der Waals surface area (Å²) in [6, 6.07) is 0. The zero-order valence-electron chi connectivity index (χ0n) is 6.66. The Hall–Kier alpha value is -1.12. The third-order valence-corrected chi connectivity index (χ3v) is 1.57. The maximum absolute atomic E-state index is 10.0. The third kappa shape index (κ3) is 2.18. The number of hydrogen-bond acceptors (Lipinski definition) is 2. The topological polar surface area (TPSA) is 34.9 Å². The van der Waals surface area contributed by atoms with Gasteiger partial charge in [-0.05, 0) is 13.3 Å². The summed E-state index contributed by atoms with van der Waals surface area (Å²) in [5.74, 6) is 0. The lowest BCUT2D eigenvalue weighted by Gasteiger charge is -1.90. The van der Waals surface area contributed by atoms with E-state index in [4.69, 9.17) is 0 Å². The fourth-order valence-electron chi connectivity index (χ4n) is 0.915. The average molecular weight is 152 g/mol. The Balaban J connectivity index is 2.50. The van der Waals surface area contributed by atoms with Gasteiger partial charge in [0, 0.05) is 19.2 Å². The molecule has 11 heavy (non-hydrogen) atoms. The van der Waals surface area contributed by atoms with Gasteiger partial charge in [-0.15, -0.1) is 0 Å². The molecule has 0 amide bonds. The van der Waals surface area contributed by atoms with Crippen molar-refractivity contribution in [2.24, 2.45) is 0 Å². The number of aromatic nitrogens is 2. The molecule has 0 aliphatic heterocycles. The smallest absolute Gasteiger partial charge is 0.120 e. The number of aldehydes is 1. The van der Waals surface area contributed by atoms with Crippen LogP contribution in [0.25, 0.3) is 0 Å². The number of imidazole rings is 1. The third-order valence-electron chi connectivity index (χ3n) is 1.57. The lowest BCUT2D eigenvalue weighted by molar-refractivity contribution is -0.107. The SMILES string of the molecule is CCn1cnc(CCC=O)c1. The van der Waals surface area contributed by atoms with Gasteiger partial charge >= 0.3 is 0 Å². The van der Waals surface area contributed by atoms with E-state index in [1.165, 1.54) is 0 Å². The Labute approximate surface area is 66.1 Å². The minimum absolute atomic E-state index is 0.570. The Morgan fingerprint density at radius 2 is 2.55 bits per heavy atom. The summed E-state index contributed by atoms with van der Waals surface area (Å²) < 4.78 is 2.00. The van der Waals surface area contributed by atoms with Crippen molar-refractivity contribution in [1.82, 2.24) is 9.55 Å². The molecule has 0 bridgehead atoms. The van der Waals surface area contributed by atoms with E-state index >= 15 is 0 Å². The van der Waals surface area contributed by atoms with Crippen molar-refractivity contribution in [3.8, 4) is 0 Å². The minimum atomic E-state index is 0.570. The molecule has 0 fully saturated rings. The normalized spacial score (nSPS) is 9.91. The van der Waals surface area contributed by atoms with Crippen LogP contribution in [0.15, 0.2) is 12.5 Å². The molecule has 3 nitrogen and oxygen atoms in total. The van der Waals surface area contributed by atoms with Gasteiger partial charge in [-0.25, -0.2) is 4.98 Å². The van der Waals surface area contributed by atoms with Crippen molar-refractivity contribution in [1.29, 1.82) is 0 Å². The molecular weight excluding hydrogens is 140 g/mol. The standard InChI is InChI=1S/C8H12N2O/c1-2-10-6-8(9-7-10)4-3-5-11/h5-7H,2-4H2,1H3. The molecular formula is C8H12N2O. The van der Waals surface area contributed by atoms with Gasteiger partial charge in [0.05, 0.1) is 12.0 Å². The molecule has 0 aliphatic rings. The van der Waals surface area contributed by atoms with Crippen molar-refractivity contribution in [3.05, 3.63) is 18.2 Å². The maximum Gasteiger partial charge on any atom is 0.120 e. The molecule has 0 saturated carbocycles. The van der Waals surface area contributed by atoms with E-state index in [-0.39, 0.29) is 0 Å². The van der Waals surface area contributed by atoms with Crippen molar-refractivity contribution >= 4 is 6.29 Å². The largest absolute Gasteiger partial charge is 0.337 e. The summed E-state index contributed by atoms with van der Waals surface area (Å²) in [4.78, 5) is 14.1. The molecule has 0 spiro atoms. The molecule has 1 heterocycles. The van der Waals surface area contributed by atoms with Gasteiger partial charge in [0.1, 0.15) is 6.29 Å². The van der Waals surface area contributed by atoms with E-state index in [0.29, 0.717) is 6.42 Å². The highest BCUT2D eigenvalue weighted by Gasteiger charge is 1.95. The van der Waals surface area contributed by atoms with Gasteiger partial charge in [-0.3, -0.25) is 0 Å². The van der Waals surface area contributed by atoms with Crippen molar-refractivity contribution in [2.45, 2.75) is 26.3 Å². The number of carbonyl (C=O) groups excluding carboxylic acids is 1. The van der Waals surface area contributed by atoms with Crippen molar-refractivity contribution in [3.63, 3.8) is 0 Å². The second-order valence-electron chi connectivity index (χ2n) is 2.40. The molecule has 3 heteroatoms. The van der Waals surface area contributed by atoms with E-state index in [1.807, 2.05) is 10.8 Å². The molecule has 1 rings (SSSR count). The molecule has 60 valence electrons. The Morgan fingerprint density at radius 1 is 1.73 bits per heavy atom. The minimum Gasteiger partial charge on any atom is -0.337 e. The molecule has 1 aromatic rings. The number of carbonyl (C=O) groups is 1. The van der Waals surface area contributed by atoms with Crippen LogP contribution >= 0.6 is 0 Å². The summed E-state index contributed by atoms with van der Waals surface area (Å²) in [7, 11) is 0. The van der Waals surface area contributed by atoms with Crippen LogP contribution in [0.5, 0.6) is 0 Å². The number of nitrogens with zero attached hydrogens (tertiary/aromatic N) is 2. The number of hydrogen-bond donors (Lipinski definition) is 0. The van der Waals surface area contributed by atoms with E-state index in [0.717, 1.165) is 24.9 Å². The van der Waals surface area contributed by atoms with Gasteiger partial charge in [-0.1, -0.05) is 0 Å². The van der Waals surface area contributed by atoms with Crippen LogP contribution in [0.4, 0.5) is 0 Å². The fourth-order valence-corrected chi connectivity index (χ4v) is 0.915. The predicted octanol–water partition coefficient (Wildman–Crippen LogP) is 1.03. The Bertz CT molecular complexity index is 230. The highest BCUT2D eigenvalue weighted by atomic mass is 16.1. The van der Waals surface area contributed by atoms with Gasteiger partial charge < -0.3 is 9.36 Å². The van der Waals surface area contributed by atoms with E-state index < -0.39 is 0 Å². The molecule has 1 aromatic heterocycles. The molecule has 0 radical (unpaired) electrons. The zero-order chi connectivity index (χ0) is 8.10. The van der Waals surface area contributed by atoms with Crippen LogP contribution in [0.3, 0.4) is 0 Å². The van der Waals surface area contributed by atoms with Gasteiger partial charge in [0.25, 0.3) is 0 Å². The van der Waals surface area contributed by atoms with Crippen LogP contribution in [0, 0.1) is 0 Å². The fraction of sp³-hybridized carbons (Fsp3) is 0.500. The lowest BCUT2D eigenvalue weighted by atomic mass is 10.3. The summed E-state index contributed by atoms with van der Waals surface area (Å²) in [5, 5.41) is 0. The van der Waals surface area contributed by atoms with E-state index in [9.17, 15) is 4.79 Å². The first-order chi connectivity index (χ1) is 5.36. The van der Waals surface area contributed by atoms with Crippen molar-refractivity contribution in [2.75, 3.05) is 0 Å². The summed E-state index contributed by atoms with van der Waals surface area (Å²) in [5.41, 5.74) is 0.999. The first kappa shape index (κ1) is 7.98. The first-order valence-electron chi connectivity index (χ1n) is 3.81. The zero-order valence-corrected chi connectivity index (χ0v) is 6.66. The highest BCUT2D eigenvalue weighted by molar-refractivity contribution is 5.49. The average Bonchev–Trinajstić information content (AvgIpc) is 2.48. The molecule has 0 aromatic carbocycles. The molecule has 0 saturated heterocycles. The highest BCUT2D eigenvalue weighted by Crippen LogP contribution is 1.98. The van der Waals surface area contributed by atoms with Crippen LogP contribution in [0.2, 0.25) is 0 Å². The van der Waals surface area contributed by atoms with Crippen LogP contribution in [-0.2, 0) is 17.8 Å². The number of rotatable bonds is 4. The van der Waals surface area contributed by atoms with E-state index in [2.05, 4.69) is 11.9 Å². The summed E-state index contributed by atoms with van der Waals surface area (Å²) in [6.07, 6.45) is 6.02. The lowest BCUT2D eigenvalue weighted by Crippen LogP contribution is -1.88. The number of aryl methyl sites for hydroxylation is 2. The Morgan fingerprint density at radius 3 is 3.09 bits per heavy atom. The van der Waals surface area contributed by atoms with Gasteiger partial charge in [0.2, 0.25) is 0 Å². The summed E-state index contributed by atoms with van der Waals surface area (Å²) >= 11 is 0. The molecule has 0 N–H and O–H groups in total. The van der Waals surface area contributed by atoms with Crippen LogP contribution in [-0.4, -0.2) is 15.8 Å². The maximum atomic E-state index is 10.0. The second-order valence-corrected chi connectivity index (χ2v) is 2.40. The van der Waals surface area contributed by atoms with Crippen LogP contribution < -0.4 is 0 Å². The first-order valence-corrected chi connectivity index (χ1v) is 3.81. The van der Waals surface area contributed by atoms with Gasteiger partial charge in [-0.2, -0.15) is 0 Å². The molecule has 0 aliphatic carbocycles. The van der Waals surface area contributed by atoms with Gasteiger partial charge in [0.15, 0.2) is 0 Å². The molecule has 0 unspecified atom stereocenters. The quantitative estimate of drug-likeness (QED) is 0.604. The predicted molar refractivity (Wildman–Crippen MR) is 42.3 cm³/mol. The van der Waals surface area contributed by atoms with E-state index in [1.54, 1.807) is 6.33 Å². The second kappa shape index (κ2) is 3.91. The molecule has 0 atom stereocenters. The van der Waals surface area contributed by atoms with Crippen LogP contribution in [0.1, 0.15) is 19.0 Å².